The molecule has 29 heavy (non-hydrogen) atoms. The molecular formula is C21H27N5O3. The molecule has 1 heterocycles. The molecule has 0 saturated carbocycles. The van der Waals surface area contributed by atoms with Crippen molar-refractivity contribution in [2.45, 2.75) is 6.54 Å². The average molecular weight is 397 g/mol. The third-order valence-corrected chi connectivity index (χ3v) is 4.74. The molecule has 1 fully saturated rings. The number of primary amides is 1. The Morgan fingerprint density at radius 1 is 1.17 bits per heavy atom. The number of ether oxygens (including phenoxy) is 1. The first-order chi connectivity index (χ1) is 14.1. The standard InChI is InChI=1S/C21H27N5O3/c1-23-21(24-14-16-5-4-6-17(13-16)29-15-20(22)28)26-11-9-25(10-12-26)18-7-2-3-8-19(18)27/h2-8,13,27H,9-12,14-15H2,1H3,(H2,22,28)(H,23,24). The lowest BCUT2D eigenvalue weighted by molar-refractivity contribution is -0.119. The lowest BCUT2D eigenvalue weighted by Crippen LogP contribution is -2.52. The molecule has 1 aliphatic rings. The summed E-state index contributed by atoms with van der Waals surface area (Å²) in [7, 11) is 1.77. The van der Waals surface area contributed by atoms with E-state index in [0.29, 0.717) is 18.0 Å². The van der Waals surface area contributed by atoms with Gasteiger partial charge in [0.15, 0.2) is 12.6 Å². The van der Waals surface area contributed by atoms with Crippen molar-refractivity contribution in [3.05, 3.63) is 54.1 Å². The Kier molecular flexibility index (Phi) is 6.78. The van der Waals surface area contributed by atoms with Gasteiger partial charge < -0.3 is 30.7 Å². The van der Waals surface area contributed by atoms with Gasteiger partial charge in [-0.3, -0.25) is 9.79 Å². The second-order valence-electron chi connectivity index (χ2n) is 6.77. The van der Waals surface area contributed by atoms with Gasteiger partial charge in [-0.2, -0.15) is 0 Å². The Labute approximate surface area is 170 Å². The maximum absolute atomic E-state index is 10.9. The summed E-state index contributed by atoms with van der Waals surface area (Å²) in [5, 5.41) is 13.4. The molecule has 3 rings (SSSR count). The zero-order valence-electron chi connectivity index (χ0n) is 16.5. The zero-order valence-corrected chi connectivity index (χ0v) is 16.5. The number of phenolic OH excluding ortho intramolecular Hbond substituents is 1. The van der Waals surface area contributed by atoms with Gasteiger partial charge in [0.1, 0.15) is 11.5 Å². The fourth-order valence-corrected chi connectivity index (χ4v) is 3.30. The molecule has 8 heteroatoms. The van der Waals surface area contributed by atoms with E-state index in [1.807, 2.05) is 36.4 Å². The number of amides is 1. The number of piperazine rings is 1. The number of carbonyl (C=O) groups excluding carboxylic acids is 1. The van der Waals surface area contributed by atoms with E-state index in [0.717, 1.165) is 43.4 Å². The van der Waals surface area contributed by atoms with E-state index in [1.165, 1.54) is 0 Å². The number of aliphatic imine (C=N–C) groups is 1. The number of rotatable bonds is 6. The van der Waals surface area contributed by atoms with Crippen molar-refractivity contribution in [1.82, 2.24) is 10.2 Å². The molecule has 0 bridgehead atoms. The number of benzene rings is 2. The monoisotopic (exact) mass is 397 g/mol. The van der Waals surface area contributed by atoms with Gasteiger partial charge in [0.2, 0.25) is 0 Å². The molecule has 0 radical (unpaired) electrons. The van der Waals surface area contributed by atoms with Crippen LogP contribution in [0.25, 0.3) is 0 Å². The maximum atomic E-state index is 10.9. The lowest BCUT2D eigenvalue weighted by Gasteiger charge is -2.37. The fraction of sp³-hybridized carbons (Fsp3) is 0.333. The van der Waals surface area contributed by atoms with Crippen LogP contribution in [0.15, 0.2) is 53.5 Å². The SMILES string of the molecule is CN=C(NCc1cccc(OCC(N)=O)c1)N1CCN(c2ccccc2O)CC1. The number of nitrogens with one attached hydrogen (secondary N) is 1. The van der Waals surface area contributed by atoms with Crippen molar-refractivity contribution < 1.29 is 14.6 Å². The Morgan fingerprint density at radius 2 is 1.93 bits per heavy atom. The molecule has 2 aromatic carbocycles. The van der Waals surface area contributed by atoms with Crippen molar-refractivity contribution in [1.29, 1.82) is 0 Å². The summed E-state index contributed by atoms with van der Waals surface area (Å²) in [4.78, 5) is 19.6. The average Bonchev–Trinajstić information content (AvgIpc) is 2.74. The molecule has 1 amide bonds. The van der Waals surface area contributed by atoms with Crippen molar-refractivity contribution in [2.24, 2.45) is 10.7 Å². The van der Waals surface area contributed by atoms with E-state index >= 15 is 0 Å². The van der Waals surface area contributed by atoms with Crippen LogP contribution in [0.4, 0.5) is 5.69 Å². The summed E-state index contributed by atoms with van der Waals surface area (Å²) in [5.74, 6) is 1.23. The summed E-state index contributed by atoms with van der Waals surface area (Å²) in [6, 6.07) is 14.9. The van der Waals surface area contributed by atoms with Crippen molar-refractivity contribution in [3.63, 3.8) is 0 Å². The largest absolute Gasteiger partial charge is 0.506 e. The molecular weight excluding hydrogens is 370 g/mol. The molecule has 0 unspecified atom stereocenters. The van der Waals surface area contributed by atoms with Crippen LogP contribution in [-0.2, 0) is 11.3 Å². The number of carbonyl (C=O) groups is 1. The Bertz CT molecular complexity index is 863. The number of aromatic hydroxyl groups is 1. The number of phenols is 1. The van der Waals surface area contributed by atoms with Gasteiger partial charge in [-0.15, -0.1) is 0 Å². The van der Waals surface area contributed by atoms with Crippen LogP contribution in [0.5, 0.6) is 11.5 Å². The van der Waals surface area contributed by atoms with E-state index in [4.69, 9.17) is 10.5 Å². The summed E-state index contributed by atoms with van der Waals surface area (Å²) < 4.78 is 5.35. The highest BCUT2D eigenvalue weighted by Gasteiger charge is 2.21. The third kappa shape index (κ3) is 5.54. The first-order valence-corrected chi connectivity index (χ1v) is 9.55. The second kappa shape index (κ2) is 9.68. The van der Waals surface area contributed by atoms with Crippen LogP contribution in [0, 0.1) is 0 Å². The van der Waals surface area contributed by atoms with E-state index < -0.39 is 5.91 Å². The molecule has 1 aliphatic heterocycles. The molecule has 4 N–H and O–H groups in total. The van der Waals surface area contributed by atoms with Gasteiger partial charge in [0.05, 0.1) is 5.69 Å². The van der Waals surface area contributed by atoms with Crippen LogP contribution in [-0.4, -0.2) is 61.7 Å². The minimum atomic E-state index is -0.503. The van der Waals surface area contributed by atoms with E-state index in [-0.39, 0.29) is 6.61 Å². The van der Waals surface area contributed by atoms with Gasteiger partial charge in [-0.1, -0.05) is 24.3 Å². The number of para-hydroxylation sites is 2. The molecule has 0 aromatic heterocycles. The first kappa shape index (κ1) is 20.3. The molecule has 154 valence electrons. The second-order valence-corrected chi connectivity index (χ2v) is 6.77. The number of anilines is 1. The van der Waals surface area contributed by atoms with Crippen LogP contribution < -0.4 is 20.7 Å². The number of hydrogen-bond donors (Lipinski definition) is 3. The van der Waals surface area contributed by atoms with Gasteiger partial charge in [0, 0.05) is 39.8 Å². The van der Waals surface area contributed by atoms with Gasteiger partial charge >= 0.3 is 0 Å². The predicted octanol–water partition coefficient (Wildman–Crippen LogP) is 1.15. The lowest BCUT2D eigenvalue weighted by atomic mass is 10.2. The molecule has 0 atom stereocenters. The molecule has 0 aliphatic carbocycles. The van der Waals surface area contributed by atoms with Gasteiger partial charge in [-0.05, 0) is 29.8 Å². The first-order valence-electron chi connectivity index (χ1n) is 9.55. The minimum absolute atomic E-state index is 0.139. The molecule has 0 spiro atoms. The summed E-state index contributed by atoms with van der Waals surface area (Å²) >= 11 is 0. The third-order valence-electron chi connectivity index (χ3n) is 4.74. The number of nitrogens with two attached hydrogens (primary N) is 1. The van der Waals surface area contributed by atoms with E-state index in [2.05, 4.69) is 20.1 Å². The minimum Gasteiger partial charge on any atom is -0.506 e. The highest BCUT2D eigenvalue weighted by Crippen LogP contribution is 2.27. The fourth-order valence-electron chi connectivity index (χ4n) is 3.30. The van der Waals surface area contributed by atoms with Crippen molar-refractivity contribution in [2.75, 3.05) is 44.7 Å². The molecule has 8 nitrogen and oxygen atoms in total. The quantitative estimate of drug-likeness (QED) is 0.499. The van der Waals surface area contributed by atoms with Gasteiger partial charge in [-0.25, -0.2) is 0 Å². The zero-order chi connectivity index (χ0) is 20.6. The van der Waals surface area contributed by atoms with E-state index in [1.54, 1.807) is 19.2 Å². The molecule has 2 aromatic rings. The molecule has 1 saturated heterocycles. The summed E-state index contributed by atoms with van der Waals surface area (Å²) in [6.07, 6.45) is 0. The highest BCUT2D eigenvalue weighted by molar-refractivity contribution is 5.80. The highest BCUT2D eigenvalue weighted by atomic mass is 16.5. The summed E-state index contributed by atoms with van der Waals surface area (Å²) in [5.41, 5.74) is 7.00. The predicted molar refractivity (Wildman–Crippen MR) is 113 cm³/mol. The van der Waals surface area contributed by atoms with E-state index in [9.17, 15) is 9.90 Å². The number of nitrogens with zero attached hydrogens (tertiary/aromatic N) is 3. The Morgan fingerprint density at radius 3 is 2.62 bits per heavy atom. The Hall–Kier alpha value is -3.42. The maximum Gasteiger partial charge on any atom is 0.255 e. The van der Waals surface area contributed by atoms with Crippen LogP contribution in [0.2, 0.25) is 0 Å². The number of hydrogen-bond acceptors (Lipinski definition) is 5. The van der Waals surface area contributed by atoms with Crippen molar-refractivity contribution >= 4 is 17.6 Å². The Balaban J connectivity index is 1.53. The van der Waals surface area contributed by atoms with Gasteiger partial charge in [0.25, 0.3) is 5.91 Å². The van der Waals surface area contributed by atoms with Crippen LogP contribution in [0.1, 0.15) is 5.56 Å². The topological polar surface area (TPSA) is 103 Å². The normalized spacial score (nSPS) is 14.6. The number of guanidine groups is 1. The van der Waals surface area contributed by atoms with Crippen LogP contribution in [0.3, 0.4) is 0 Å². The summed E-state index contributed by atoms with van der Waals surface area (Å²) in [6.45, 7) is 3.65. The van der Waals surface area contributed by atoms with Crippen molar-refractivity contribution in [3.8, 4) is 11.5 Å². The smallest absolute Gasteiger partial charge is 0.255 e. The van der Waals surface area contributed by atoms with Crippen LogP contribution >= 0.6 is 0 Å².